The van der Waals surface area contributed by atoms with Gasteiger partial charge in [-0.25, -0.2) is 0 Å². The highest BCUT2D eigenvalue weighted by molar-refractivity contribution is 5.56. The average Bonchev–Trinajstić information content (AvgIpc) is 2.86. The van der Waals surface area contributed by atoms with E-state index >= 15 is 0 Å². The molecule has 1 aliphatic carbocycles. The molecule has 1 aliphatic heterocycles. The van der Waals surface area contributed by atoms with Gasteiger partial charge in [0.05, 0.1) is 20.0 Å². The van der Waals surface area contributed by atoms with E-state index < -0.39 is 0 Å². The zero-order valence-corrected chi connectivity index (χ0v) is 13.3. The van der Waals surface area contributed by atoms with Gasteiger partial charge in [-0.1, -0.05) is 6.07 Å². The lowest BCUT2D eigenvalue weighted by Crippen LogP contribution is -2.26. The third-order valence-electron chi connectivity index (χ3n) is 4.94. The van der Waals surface area contributed by atoms with Gasteiger partial charge in [0.25, 0.3) is 0 Å². The molecule has 3 unspecified atom stereocenters. The van der Waals surface area contributed by atoms with E-state index in [2.05, 4.69) is 19.1 Å². The largest absolute Gasteiger partial charge is 0.502 e. The zero-order chi connectivity index (χ0) is 15.0. The van der Waals surface area contributed by atoms with Crippen LogP contribution in [0.5, 0.6) is 11.5 Å². The van der Waals surface area contributed by atoms with Crippen molar-refractivity contribution in [3.63, 3.8) is 0 Å². The molecule has 0 radical (unpaired) electrons. The summed E-state index contributed by atoms with van der Waals surface area (Å²) in [4.78, 5) is 0. The Labute approximate surface area is 126 Å². The Balaban J connectivity index is 1.94. The van der Waals surface area contributed by atoms with E-state index in [-0.39, 0.29) is 6.10 Å². The molecule has 1 heterocycles. The van der Waals surface area contributed by atoms with E-state index in [0.29, 0.717) is 11.8 Å². The number of benzene rings is 1. The summed E-state index contributed by atoms with van der Waals surface area (Å²) in [6, 6.07) is 4.25. The summed E-state index contributed by atoms with van der Waals surface area (Å²) in [6.45, 7) is 4.19. The van der Waals surface area contributed by atoms with Crippen molar-refractivity contribution in [2.45, 2.75) is 45.1 Å². The highest BCUT2D eigenvalue weighted by Gasteiger charge is 2.42. The molecule has 0 saturated carbocycles. The molecule has 0 saturated heterocycles. The van der Waals surface area contributed by atoms with Crippen molar-refractivity contribution in [2.75, 3.05) is 14.2 Å². The molecule has 3 nitrogen and oxygen atoms in total. The summed E-state index contributed by atoms with van der Waals surface area (Å²) in [5, 5.41) is 0. The van der Waals surface area contributed by atoms with Crippen LogP contribution in [-0.4, -0.2) is 20.3 Å². The SMILES string of the molecule is CO/C(C)=C/CC1CCc2ccc(OC)c3c2C1C(C)O3. The minimum atomic E-state index is 0.219. The van der Waals surface area contributed by atoms with E-state index in [9.17, 15) is 0 Å². The topological polar surface area (TPSA) is 27.7 Å². The lowest BCUT2D eigenvalue weighted by atomic mass is 9.72. The molecule has 2 aliphatic rings. The Morgan fingerprint density at radius 2 is 2.19 bits per heavy atom. The normalized spacial score (nSPS) is 27.0. The number of hydrogen-bond donors (Lipinski definition) is 0. The monoisotopic (exact) mass is 288 g/mol. The molecule has 0 fully saturated rings. The molecule has 3 rings (SSSR count). The first-order valence-corrected chi connectivity index (χ1v) is 7.72. The van der Waals surface area contributed by atoms with Gasteiger partial charge in [-0.05, 0) is 56.7 Å². The highest BCUT2D eigenvalue weighted by Crippen LogP contribution is 2.53. The van der Waals surface area contributed by atoms with Gasteiger partial charge >= 0.3 is 0 Å². The van der Waals surface area contributed by atoms with E-state index in [1.807, 2.05) is 13.0 Å². The van der Waals surface area contributed by atoms with Crippen molar-refractivity contribution in [3.05, 3.63) is 35.1 Å². The van der Waals surface area contributed by atoms with Gasteiger partial charge in [0.15, 0.2) is 11.5 Å². The van der Waals surface area contributed by atoms with E-state index in [4.69, 9.17) is 14.2 Å². The second-order valence-corrected chi connectivity index (χ2v) is 6.07. The van der Waals surface area contributed by atoms with Crippen LogP contribution in [0.15, 0.2) is 24.0 Å². The van der Waals surface area contributed by atoms with Crippen molar-refractivity contribution in [3.8, 4) is 11.5 Å². The van der Waals surface area contributed by atoms with Crippen molar-refractivity contribution in [1.82, 2.24) is 0 Å². The Morgan fingerprint density at radius 3 is 2.90 bits per heavy atom. The predicted molar refractivity (Wildman–Crippen MR) is 83.0 cm³/mol. The van der Waals surface area contributed by atoms with Crippen LogP contribution in [0.2, 0.25) is 0 Å². The summed E-state index contributed by atoms with van der Waals surface area (Å²) in [5.41, 5.74) is 2.82. The van der Waals surface area contributed by atoms with Crippen LogP contribution in [0.25, 0.3) is 0 Å². The minimum absolute atomic E-state index is 0.219. The third kappa shape index (κ3) is 2.39. The van der Waals surface area contributed by atoms with Gasteiger partial charge in [0, 0.05) is 11.5 Å². The Morgan fingerprint density at radius 1 is 1.38 bits per heavy atom. The average molecular weight is 288 g/mol. The van der Waals surface area contributed by atoms with Crippen molar-refractivity contribution in [2.24, 2.45) is 5.92 Å². The van der Waals surface area contributed by atoms with Crippen LogP contribution in [-0.2, 0) is 11.2 Å². The van der Waals surface area contributed by atoms with Gasteiger partial charge in [-0.3, -0.25) is 0 Å². The maximum Gasteiger partial charge on any atom is 0.165 e. The molecular weight excluding hydrogens is 264 g/mol. The summed E-state index contributed by atoms with van der Waals surface area (Å²) in [7, 11) is 3.44. The second kappa shape index (κ2) is 5.63. The first-order chi connectivity index (χ1) is 10.2. The first kappa shape index (κ1) is 14.3. The van der Waals surface area contributed by atoms with Gasteiger partial charge in [0.2, 0.25) is 0 Å². The fourth-order valence-electron chi connectivity index (χ4n) is 3.78. The van der Waals surface area contributed by atoms with Crippen LogP contribution >= 0.6 is 0 Å². The van der Waals surface area contributed by atoms with Crippen molar-refractivity contribution >= 4 is 0 Å². The standard InChI is InChI=1S/C18H24O3/c1-11(19-3)5-6-13-7-8-14-9-10-15(20-4)18-17(14)16(13)12(2)21-18/h5,9-10,12-13,16H,6-8H2,1-4H3/b11-5+. The van der Waals surface area contributed by atoms with Gasteiger partial charge in [-0.2, -0.15) is 0 Å². The number of aryl methyl sites for hydroxylation is 1. The van der Waals surface area contributed by atoms with Gasteiger partial charge < -0.3 is 14.2 Å². The predicted octanol–water partition coefficient (Wildman–Crippen LogP) is 4.06. The molecule has 1 aromatic carbocycles. The summed E-state index contributed by atoms with van der Waals surface area (Å²) >= 11 is 0. The molecule has 1 aromatic rings. The molecule has 0 spiro atoms. The Kier molecular flexibility index (Phi) is 3.83. The molecule has 0 amide bonds. The van der Waals surface area contributed by atoms with Crippen molar-refractivity contribution in [1.29, 1.82) is 0 Å². The molecule has 0 N–H and O–H groups in total. The quantitative estimate of drug-likeness (QED) is 0.782. The van der Waals surface area contributed by atoms with E-state index in [1.54, 1.807) is 14.2 Å². The Hall–Kier alpha value is -1.64. The van der Waals surface area contributed by atoms with Crippen LogP contribution in [0.4, 0.5) is 0 Å². The molecule has 3 heteroatoms. The van der Waals surface area contributed by atoms with Gasteiger partial charge in [-0.15, -0.1) is 0 Å². The molecule has 0 aromatic heterocycles. The highest BCUT2D eigenvalue weighted by atomic mass is 16.5. The number of rotatable bonds is 4. The first-order valence-electron chi connectivity index (χ1n) is 7.72. The summed E-state index contributed by atoms with van der Waals surface area (Å²) in [5.74, 6) is 3.93. The maximum atomic E-state index is 6.14. The van der Waals surface area contributed by atoms with Crippen LogP contribution in [0.3, 0.4) is 0 Å². The lowest BCUT2D eigenvalue weighted by molar-refractivity contribution is 0.182. The number of methoxy groups -OCH3 is 2. The number of ether oxygens (including phenoxy) is 3. The summed E-state index contributed by atoms with van der Waals surface area (Å²) < 4.78 is 16.9. The molecule has 0 bridgehead atoms. The van der Waals surface area contributed by atoms with E-state index in [0.717, 1.165) is 30.1 Å². The second-order valence-electron chi connectivity index (χ2n) is 6.07. The summed E-state index contributed by atoms with van der Waals surface area (Å²) in [6.07, 6.45) is 5.82. The Bertz CT molecular complexity index is 562. The fourth-order valence-corrected chi connectivity index (χ4v) is 3.78. The van der Waals surface area contributed by atoms with Gasteiger partial charge in [0.1, 0.15) is 6.10 Å². The molecule has 21 heavy (non-hydrogen) atoms. The van der Waals surface area contributed by atoms with Crippen LogP contribution in [0, 0.1) is 5.92 Å². The lowest BCUT2D eigenvalue weighted by Gasteiger charge is -2.31. The third-order valence-corrected chi connectivity index (χ3v) is 4.94. The number of hydrogen-bond acceptors (Lipinski definition) is 3. The smallest absolute Gasteiger partial charge is 0.165 e. The van der Waals surface area contributed by atoms with Crippen molar-refractivity contribution < 1.29 is 14.2 Å². The van der Waals surface area contributed by atoms with E-state index in [1.165, 1.54) is 17.5 Å². The zero-order valence-electron chi connectivity index (χ0n) is 13.3. The fraction of sp³-hybridized carbons (Fsp3) is 0.556. The number of allylic oxidation sites excluding steroid dienone is 2. The molecular formula is C18H24O3. The maximum absolute atomic E-state index is 6.14. The van der Waals surface area contributed by atoms with Crippen LogP contribution in [0.1, 0.15) is 43.7 Å². The molecule has 114 valence electrons. The van der Waals surface area contributed by atoms with Crippen LogP contribution < -0.4 is 9.47 Å². The minimum Gasteiger partial charge on any atom is -0.502 e. The molecule has 3 atom stereocenters.